The standard InChI is InChI=1S/C14H21FN2O/c1-17(8-10-5-13(18)6-10)9-12-4-2-3-11(7-16)14(12)15/h2-4,10,13,18H,5-9,16H2,1H3. The van der Waals surface area contributed by atoms with Crippen molar-refractivity contribution in [1.29, 1.82) is 0 Å². The number of hydrogen-bond acceptors (Lipinski definition) is 3. The van der Waals surface area contributed by atoms with Gasteiger partial charge in [0.05, 0.1) is 6.10 Å². The van der Waals surface area contributed by atoms with Crippen LogP contribution in [0.1, 0.15) is 24.0 Å². The van der Waals surface area contributed by atoms with E-state index in [1.165, 1.54) is 0 Å². The average molecular weight is 252 g/mol. The second-order valence-corrected chi connectivity index (χ2v) is 5.28. The minimum absolute atomic E-state index is 0.124. The number of aliphatic hydroxyl groups is 1. The summed E-state index contributed by atoms with van der Waals surface area (Å²) >= 11 is 0. The predicted octanol–water partition coefficient (Wildman–Crippen LogP) is 1.49. The number of nitrogens with zero attached hydrogens (tertiary/aromatic N) is 1. The second kappa shape index (κ2) is 5.78. The number of nitrogens with two attached hydrogens (primary N) is 1. The summed E-state index contributed by atoms with van der Waals surface area (Å²) in [5, 5.41) is 9.24. The second-order valence-electron chi connectivity index (χ2n) is 5.28. The van der Waals surface area contributed by atoms with Gasteiger partial charge in [-0.3, -0.25) is 0 Å². The van der Waals surface area contributed by atoms with Gasteiger partial charge in [-0.05, 0) is 25.8 Å². The Bertz CT molecular complexity index is 405. The van der Waals surface area contributed by atoms with E-state index in [2.05, 4.69) is 4.90 Å². The van der Waals surface area contributed by atoms with Gasteiger partial charge in [0.25, 0.3) is 0 Å². The molecule has 1 aromatic rings. The lowest BCUT2D eigenvalue weighted by atomic mass is 9.82. The third-order valence-electron chi connectivity index (χ3n) is 3.60. The van der Waals surface area contributed by atoms with Crippen LogP contribution in [0.5, 0.6) is 0 Å². The van der Waals surface area contributed by atoms with E-state index >= 15 is 0 Å². The number of aliphatic hydroxyl groups excluding tert-OH is 1. The molecule has 3 N–H and O–H groups in total. The molecule has 100 valence electrons. The number of benzene rings is 1. The lowest BCUT2D eigenvalue weighted by Gasteiger charge is -2.34. The van der Waals surface area contributed by atoms with Gasteiger partial charge in [0.15, 0.2) is 0 Å². The SMILES string of the molecule is CN(Cc1cccc(CN)c1F)CC1CC(O)C1. The molecule has 0 unspecified atom stereocenters. The molecule has 1 aromatic carbocycles. The maximum Gasteiger partial charge on any atom is 0.132 e. The molecule has 4 heteroatoms. The first-order valence-electron chi connectivity index (χ1n) is 6.43. The lowest BCUT2D eigenvalue weighted by Crippen LogP contribution is -2.36. The Morgan fingerprint density at radius 3 is 2.67 bits per heavy atom. The summed E-state index contributed by atoms with van der Waals surface area (Å²) in [6.45, 7) is 1.73. The van der Waals surface area contributed by atoms with Crippen LogP contribution < -0.4 is 5.73 Å². The van der Waals surface area contributed by atoms with Crippen LogP contribution in [-0.2, 0) is 13.1 Å². The topological polar surface area (TPSA) is 49.5 Å². The van der Waals surface area contributed by atoms with Gasteiger partial charge < -0.3 is 15.7 Å². The van der Waals surface area contributed by atoms with Crippen LogP contribution >= 0.6 is 0 Å². The first-order chi connectivity index (χ1) is 8.60. The zero-order chi connectivity index (χ0) is 13.1. The Kier molecular flexibility index (Phi) is 4.32. The van der Waals surface area contributed by atoms with Crippen LogP contribution in [0.25, 0.3) is 0 Å². The van der Waals surface area contributed by atoms with Gasteiger partial charge in [0.1, 0.15) is 5.82 Å². The Balaban J connectivity index is 1.92. The van der Waals surface area contributed by atoms with Crippen molar-refractivity contribution in [2.24, 2.45) is 11.7 Å². The van der Waals surface area contributed by atoms with E-state index in [0.29, 0.717) is 23.6 Å². The smallest absolute Gasteiger partial charge is 0.132 e. The zero-order valence-electron chi connectivity index (χ0n) is 10.8. The van der Waals surface area contributed by atoms with Crippen LogP contribution in [0, 0.1) is 11.7 Å². The Morgan fingerprint density at radius 1 is 1.39 bits per heavy atom. The van der Waals surface area contributed by atoms with E-state index in [4.69, 9.17) is 5.73 Å². The molecule has 3 nitrogen and oxygen atoms in total. The third-order valence-corrected chi connectivity index (χ3v) is 3.60. The molecule has 0 aromatic heterocycles. The molecule has 1 fully saturated rings. The molecule has 0 aliphatic heterocycles. The largest absolute Gasteiger partial charge is 0.393 e. The summed E-state index contributed by atoms with van der Waals surface area (Å²) in [5.41, 5.74) is 6.76. The molecule has 1 aliphatic rings. The van der Waals surface area contributed by atoms with Crippen molar-refractivity contribution in [2.75, 3.05) is 13.6 Å². The summed E-state index contributed by atoms with van der Waals surface area (Å²) in [6.07, 6.45) is 1.62. The zero-order valence-corrected chi connectivity index (χ0v) is 10.8. The molecule has 0 saturated heterocycles. The highest BCUT2D eigenvalue weighted by molar-refractivity contribution is 5.25. The Labute approximate surface area is 107 Å². The fourth-order valence-electron chi connectivity index (χ4n) is 2.56. The van der Waals surface area contributed by atoms with E-state index in [-0.39, 0.29) is 18.5 Å². The average Bonchev–Trinajstić information content (AvgIpc) is 2.30. The van der Waals surface area contributed by atoms with E-state index in [9.17, 15) is 9.50 Å². The van der Waals surface area contributed by atoms with Gasteiger partial charge in [-0.15, -0.1) is 0 Å². The van der Waals surface area contributed by atoms with Crippen LogP contribution in [0.3, 0.4) is 0 Å². The van der Waals surface area contributed by atoms with Gasteiger partial charge in [-0.2, -0.15) is 0 Å². The number of halogens is 1. The molecule has 1 aliphatic carbocycles. The summed E-state index contributed by atoms with van der Waals surface area (Å²) in [7, 11) is 1.99. The van der Waals surface area contributed by atoms with Crippen LogP contribution in [0.4, 0.5) is 4.39 Å². The van der Waals surface area contributed by atoms with Crippen molar-refractivity contribution in [3.63, 3.8) is 0 Å². The van der Waals surface area contributed by atoms with Gasteiger partial charge in [0.2, 0.25) is 0 Å². The number of rotatable bonds is 5. The lowest BCUT2D eigenvalue weighted by molar-refractivity contribution is 0.0272. The summed E-state index contributed by atoms with van der Waals surface area (Å²) in [6, 6.07) is 5.38. The summed E-state index contributed by atoms with van der Waals surface area (Å²) in [4.78, 5) is 2.11. The fraction of sp³-hybridized carbons (Fsp3) is 0.571. The van der Waals surface area contributed by atoms with Gasteiger partial charge in [0, 0.05) is 30.8 Å². The van der Waals surface area contributed by atoms with Crippen LogP contribution in [0.2, 0.25) is 0 Å². The van der Waals surface area contributed by atoms with Crippen molar-refractivity contribution in [3.05, 3.63) is 35.1 Å². The third kappa shape index (κ3) is 3.07. The fourth-order valence-corrected chi connectivity index (χ4v) is 2.56. The Hall–Kier alpha value is -0.970. The van der Waals surface area contributed by atoms with Gasteiger partial charge in [-0.25, -0.2) is 4.39 Å². The van der Waals surface area contributed by atoms with E-state index in [1.54, 1.807) is 12.1 Å². The molecule has 18 heavy (non-hydrogen) atoms. The summed E-state index contributed by atoms with van der Waals surface area (Å²) in [5.74, 6) is 0.367. The maximum atomic E-state index is 14.0. The molecular weight excluding hydrogens is 231 g/mol. The van der Waals surface area contributed by atoms with Crippen molar-refractivity contribution in [3.8, 4) is 0 Å². The summed E-state index contributed by atoms with van der Waals surface area (Å²) < 4.78 is 14.0. The van der Waals surface area contributed by atoms with Gasteiger partial charge in [-0.1, -0.05) is 18.2 Å². The van der Waals surface area contributed by atoms with Crippen molar-refractivity contribution in [2.45, 2.75) is 32.0 Å². The molecule has 2 rings (SSSR count). The maximum absolute atomic E-state index is 14.0. The van der Waals surface area contributed by atoms with E-state index in [0.717, 1.165) is 19.4 Å². The monoisotopic (exact) mass is 252 g/mol. The number of hydrogen-bond donors (Lipinski definition) is 2. The molecule has 0 atom stereocenters. The molecular formula is C14H21FN2O. The van der Waals surface area contributed by atoms with Gasteiger partial charge >= 0.3 is 0 Å². The predicted molar refractivity (Wildman–Crippen MR) is 69.4 cm³/mol. The molecule has 0 radical (unpaired) electrons. The molecule has 0 spiro atoms. The van der Waals surface area contributed by atoms with Crippen molar-refractivity contribution in [1.82, 2.24) is 4.90 Å². The highest BCUT2D eigenvalue weighted by Crippen LogP contribution is 2.28. The first kappa shape index (κ1) is 13.5. The van der Waals surface area contributed by atoms with E-state index in [1.807, 2.05) is 13.1 Å². The van der Waals surface area contributed by atoms with Crippen molar-refractivity contribution < 1.29 is 9.50 Å². The Morgan fingerprint density at radius 2 is 2.06 bits per heavy atom. The van der Waals surface area contributed by atoms with E-state index < -0.39 is 0 Å². The molecule has 0 bridgehead atoms. The first-order valence-corrected chi connectivity index (χ1v) is 6.43. The highest BCUT2D eigenvalue weighted by Gasteiger charge is 2.27. The van der Waals surface area contributed by atoms with Crippen LogP contribution in [-0.4, -0.2) is 29.7 Å². The molecule has 1 saturated carbocycles. The highest BCUT2D eigenvalue weighted by atomic mass is 19.1. The normalized spacial score (nSPS) is 23.2. The minimum Gasteiger partial charge on any atom is -0.393 e. The minimum atomic E-state index is -0.180. The molecule has 0 heterocycles. The van der Waals surface area contributed by atoms with Crippen molar-refractivity contribution >= 4 is 0 Å². The quantitative estimate of drug-likeness (QED) is 0.834. The molecule has 0 amide bonds. The van der Waals surface area contributed by atoms with Crippen LogP contribution in [0.15, 0.2) is 18.2 Å².